The topological polar surface area (TPSA) is 99.4 Å². The summed E-state index contributed by atoms with van der Waals surface area (Å²) in [5.74, 6) is -1.76. The first kappa shape index (κ1) is 17.8. The highest BCUT2D eigenvalue weighted by Crippen LogP contribution is 2.03. The van der Waals surface area contributed by atoms with Crippen LogP contribution in [-0.4, -0.2) is 23.4 Å². The lowest BCUT2D eigenvalue weighted by Gasteiger charge is -2.16. The maximum atomic E-state index is 10.8. The highest BCUT2D eigenvalue weighted by molar-refractivity contribution is 5.77. The van der Waals surface area contributed by atoms with Gasteiger partial charge in [-0.2, -0.15) is 10.7 Å². The third-order valence-corrected chi connectivity index (χ3v) is 2.30. The number of carboxylic acids is 1. The van der Waals surface area contributed by atoms with Crippen LogP contribution in [0, 0.1) is 17.2 Å². The lowest BCUT2D eigenvalue weighted by Crippen LogP contribution is -2.42. The summed E-state index contributed by atoms with van der Waals surface area (Å²) >= 11 is 0. The third-order valence-electron chi connectivity index (χ3n) is 2.30. The van der Waals surface area contributed by atoms with Crippen LogP contribution in [0.1, 0.15) is 19.4 Å². The van der Waals surface area contributed by atoms with E-state index in [1.807, 2.05) is 30.3 Å². The van der Waals surface area contributed by atoms with E-state index in [0.717, 1.165) is 5.56 Å². The molecule has 2 N–H and O–H groups in total. The summed E-state index contributed by atoms with van der Waals surface area (Å²) in [6.45, 7) is 3.20. The third kappa shape index (κ3) is 7.26. The first-order valence-corrected chi connectivity index (χ1v) is 5.97. The molecule has 1 rings (SSSR count). The predicted molar refractivity (Wildman–Crippen MR) is 72.3 cm³/mol. The van der Waals surface area contributed by atoms with Gasteiger partial charge in [0, 0.05) is 12.8 Å². The van der Waals surface area contributed by atoms with Crippen LogP contribution < -0.4 is 5.48 Å². The van der Waals surface area contributed by atoms with E-state index < -0.39 is 17.9 Å². The Balaban J connectivity index is 0.00000110. The van der Waals surface area contributed by atoms with Gasteiger partial charge in [-0.1, -0.05) is 37.3 Å². The molecule has 0 radical (unpaired) electrons. The van der Waals surface area contributed by atoms with E-state index in [1.54, 1.807) is 6.07 Å². The van der Waals surface area contributed by atoms with Gasteiger partial charge in [0.2, 0.25) is 0 Å². The molecule has 0 saturated heterocycles. The van der Waals surface area contributed by atoms with Gasteiger partial charge in [-0.15, -0.1) is 0 Å². The van der Waals surface area contributed by atoms with Crippen molar-refractivity contribution in [2.45, 2.75) is 26.5 Å². The second kappa shape index (κ2) is 10.7. The van der Waals surface area contributed by atoms with Gasteiger partial charge in [0.1, 0.15) is 12.3 Å². The first-order chi connectivity index (χ1) is 9.56. The zero-order valence-electron chi connectivity index (χ0n) is 11.4. The molecule has 0 bridgehead atoms. The van der Waals surface area contributed by atoms with E-state index in [4.69, 9.17) is 15.2 Å². The van der Waals surface area contributed by atoms with Gasteiger partial charge in [-0.3, -0.25) is 9.63 Å². The maximum absolute atomic E-state index is 10.8. The highest BCUT2D eigenvalue weighted by Gasteiger charge is 2.24. The minimum atomic E-state index is -1.11. The summed E-state index contributed by atoms with van der Waals surface area (Å²) in [6.07, 6.45) is 0.581. The average Bonchev–Trinajstić information content (AvgIpc) is 2.44. The fourth-order valence-electron chi connectivity index (χ4n) is 1.25. The number of nitrogens with zero attached hydrogens (tertiary/aromatic N) is 1. The Hall–Kier alpha value is -2.23. The van der Waals surface area contributed by atoms with Crippen molar-refractivity contribution in [1.29, 1.82) is 5.26 Å². The molecule has 1 aromatic rings. The van der Waals surface area contributed by atoms with E-state index in [9.17, 15) is 9.59 Å². The van der Waals surface area contributed by atoms with Crippen molar-refractivity contribution in [3.05, 3.63) is 35.9 Å². The van der Waals surface area contributed by atoms with Crippen LogP contribution >= 0.6 is 0 Å². The Bertz CT molecular complexity index is 442. The second-order valence-electron chi connectivity index (χ2n) is 3.93. The van der Waals surface area contributed by atoms with Crippen LogP contribution in [0.25, 0.3) is 0 Å². The summed E-state index contributed by atoms with van der Waals surface area (Å²) in [6, 6.07) is 10.0. The predicted octanol–water partition coefficient (Wildman–Crippen LogP) is 1.53. The Morgan fingerprint density at radius 1 is 1.50 bits per heavy atom. The van der Waals surface area contributed by atoms with Gasteiger partial charge in [0.05, 0.1) is 12.7 Å². The molecular weight excluding hydrogens is 260 g/mol. The van der Waals surface area contributed by atoms with Crippen LogP contribution in [0.4, 0.5) is 0 Å². The zero-order chi connectivity index (χ0) is 15.4. The van der Waals surface area contributed by atoms with E-state index in [0.29, 0.717) is 6.29 Å². The largest absolute Gasteiger partial charge is 0.480 e. The molecule has 0 saturated carbocycles. The average molecular weight is 278 g/mol. The van der Waals surface area contributed by atoms with Gasteiger partial charge < -0.3 is 9.90 Å². The van der Waals surface area contributed by atoms with E-state index >= 15 is 0 Å². The minimum Gasteiger partial charge on any atom is -0.480 e. The second-order valence-corrected chi connectivity index (χ2v) is 3.93. The summed E-state index contributed by atoms with van der Waals surface area (Å²) in [5.41, 5.74) is 3.31. The maximum Gasteiger partial charge on any atom is 0.323 e. The molecule has 0 spiro atoms. The summed E-state index contributed by atoms with van der Waals surface area (Å²) in [7, 11) is 0. The Morgan fingerprint density at radius 2 is 2.05 bits per heavy atom. The van der Waals surface area contributed by atoms with Crippen molar-refractivity contribution in [1.82, 2.24) is 5.48 Å². The molecule has 108 valence electrons. The van der Waals surface area contributed by atoms with E-state index in [2.05, 4.69) is 5.48 Å². The molecule has 6 nitrogen and oxygen atoms in total. The van der Waals surface area contributed by atoms with Crippen LogP contribution in [0.3, 0.4) is 0 Å². The van der Waals surface area contributed by atoms with Crippen molar-refractivity contribution in [3.8, 4) is 6.07 Å². The van der Waals surface area contributed by atoms with Crippen molar-refractivity contribution in [2.75, 3.05) is 0 Å². The Kier molecular flexibility index (Phi) is 9.48. The molecule has 0 aromatic heterocycles. The Labute approximate surface area is 117 Å². The molecule has 0 amide bonds. The highest BCUT2D eigenvalue weighted by atomic mass is 16.6. The number of carboxylic acid groups (broad SMARTS) is 1. The fraction of sp³-hybridized carbons (Fsp3) is 0.357. The monoisotopic (exact) mass is 278 g/mol. The van der Waals surface area contributed by atoms with E-state index in [1.165, 1.54) is 13.8 Å². The van der Waals surface area contributed by atoms with Crippen molar-refractivity contribution in [2.24, 2.45) is 5.92 Å². The van der Waals surface area contributed by atoms with Crippen LogP contribution in [0.15, 0.2) is 30.3 Å². The van der Waals surface area contributed by atoms with Gasteiger partial charge in [-0.25, -0.2) is 0 Å². The SMILES string of the molecule is CC#N.CC(C=O)C(NOCc1ccccc1)C(=O)O. The molecule has 2 atom stereocenters. The van der Waals surface area contributed by atoms with Gasteiger partial charge in [0.15, 0.2) is 0 Å². The number of nitrogens with one attached hydrogen (secondary N) is 1. The normalized spacial score (nSPS) is 12.2. The quantitative estimate of drug-likeness (QED) is 0.579. The van der Waals surface area contributed by atoms with Crippen molar-refractivity contribution >= 4 is 12.3 Å². The van der Waals surface area contributed by atoms with Crippen LogP contribution in [0.2, 0.25) is 0 Å². The Morgan fingerprint density at radius 3 is 2.50 bits per heavy atom. The molecule has 0 aliphatic rings. The van der Waals surface area contributed by atoms with Gasteiger partial charge >= 0.3 is 5.97 Å². The smallest absolute Gasteiger partial charge is 0.323 e. The molecule has 0 fully saturated rings. The molecule has 6 heteroatoms. The fourth-order valence-corrected chi connectivity index (χ4v) is 1.25. The van der Waals surface area contributed by atoms with Crippen LogP contribution in [0.5, 0.6) is 0 Å². The number of nitriles is 1. The minimum absolute atomic E-state index is 0.246. The lowest BCUT2D eigenvalue weighted by atomic mass is 10.1. The molecule has 0 heterocycles. The van der Waals surface area contributed by atoms with Crippen molar-refractivity contribution < 1.29 is 19.5 Å². The van der Waals surface area contributed by atoms with Gasteiger partial charge in [-0.05, 0) is 5.56 Å². The van der Waals surface area contributed by atoms with Crippen molar-refractivity contribution in [3.63, 3.8) is 0 Å². The molecule has 0 aliphatic carbocycles. The molecule has 2 unspecified atom stereocenters. The number of hydroxylamine groups is 1. The number of carbonyl (C=O) groups excluding carboxylic acids is 1. The lowest BCUT2D eigenvalue weighted by molar-refractivity contribution is -0.148. The first-order valence-electron chi connectivity index (χ1n) is 5.97. The summed E-state index contributed by atoms with van der Waals surface area (Å²) in [5, 5.41) is 16.2. The molecule has 1 aromatic carbocycles. The molecular formula is C14H18N2O4. The number of hydrogen-bond acceptors (Lipinski definition) is 5. The standard InChI is InChI=1S/C12H15NO4.C2H3N/c1-9(7-14)11(12(15)16)13-17-8-10-5-3-2-4-6-10;1-2-3/h2-7,9,11,13H,8H2,1H3,(H,15,16);1H3. The van der Waals surface area contributed by atoms with E-state index in [-0.39, 0.29) is 6.61 Å². The van der Waals surface area contributed by atoms with Gasteiger partial charge in [0.25, 0.3) is 0 Å². The summed E-state index contributed by atoms with van der Waals surface area (Å²) in [4.78, 5) is 26.4. The number of aldehydes is 1. The zero-order valence-corrected chi connectivity index (χ0v) is 11.4. The number of carbonyl (C=O) groups is 2. The summed E-state index contributed by atoms with van der Waals surface area (Å²) < 4.78 is 0. The molecule has 0 aliphatic heterocycles. The molecule has 20 heavy (non-hydrogen) atoms. The number of benzene rings is 1. The number of rotatable bonds is 7. The number of hydrogen-bond donors (Lipinski definition) is 2. The number of aliphatic carboxylic acids is 1. The van der Waals surface area contributed by atoms with Crippen LogP contribution in [-0.2, 0) is 21.0 Å².